The molecule has 124 valence electrons. The third kappa shape index (κ3) is 2.96. The zero-order valence-electron chi connectivity index (χ0n) is 12.5. The van der Waals surface area contributed by atoms with Gasteiger partial charge in [-0.05, 0) is 5.92 Å². The van der Waals surface area contributed by atoms with Gasteiger partial charge in [-0.3, -0.25) is 4.90 Å². The van der Waals surface area contributed by atoms with Crippen molar-refractivity contribution in [2.24, 2.45) is 5.92 Å². The zero-order chi connectivity index (χ0) is 16.4. The van der Waals surface area contributed by atoms with Gasteiger partial charge >= 0.3 is 0 Å². The van der Waals surface area contributed by atoms with Gasteiger partial charge in [-0.25, -0.2) is 22.0 Å². The summed E-state index contributed by atoms with van der Waals surface area (Å²) in [4.78, 5) is 1.78. The molecular weight excluding hydrogens is 303 g/mol. The van der Waals surface area contributed by atoms with Crippen LogP contribution in [-0.2, 0) is 0 Å². The fourth-order valence-electron chi connectivity index (χ4n) is 2.89. The summed E-state index contributed by atoms with van der Waals surface area (Å²) < 4.78 is 68.5. The molecule has 2 nitrogen and oxygen atoms in total. The normalized spacial score (nSPS) is 19.2. The Morgan fingerprint density at radius 2 is 1.36 bits per heavy atom. The zero-order valence-corrected chi connectivity index (χ0v) is 12.5. The summed E-state index contributed by atoms with van der Waals surface area (Å²) in [6.07, 6.45) is 0.564. The third-order valence-electron chi connectivity index (χ3n) is 4.27. The summed E-state index contributed by atoms with van der Waals surface area (Å²) in [5.74, 6) is -9.55. The molecule has 1 fully saturated rings. The van der Waals surface area contributed by atoms with Crippen LogP contribution in [0.3, 0.4) is 0 Å². The van der Waals surface area contributed by atoms with Crippen molar-refractivity contribution in [1.82, 2.24) is 10.2 Å². The van der Waals surface area contributed by atoms with Crippen LogP contribution in [0.1, 0.15) is 31.9 Å². The van der Waals surface area contributed by atoms with Gasteiger partial charge in [0.1, 0.15) is 0 Å². The Balaban J connectivity index is 2.56. The van der Waals surface area contributed by atoms with E-state index in [1.54, 1.807) is 11.8 Å². The predicted molar refractivity (Wildman–Crippen MR) is 72.9 cm³/mol. The van der Waals surface area contributed by atoms with Gasteiger partial charge in [0.15, 0.2) is 23.3 Å². The lowest BCUT2D eigenvalue weighted by Gasteiger charge is -2.38. The molecule has 0 bridgehead atoms. The molecule has 0 aromatic heterocycles. The SMILES string of the molecule is CCC(C)[C@@H](c1c(F)c(F)c(F)c(F)c1F)N1CCNCC1. The molecule has 1 aliphatic heterocycles. The maximum absolute atomic E-state index is 14.1. The van der Waals surface area contributed by atoms with Crippen molar-refractivity contribution in [3.63, 3.8) is 0 Å². The Hall–Kier alpha value is -1.21. The number of piperazine rings is 1. The molecule has 1 unspecified atom stereocenters. The van der Waals surface area contributed by atoms with Crippen LogP contribution >= 0.6 is 0 Å². The van der Waals surface area contributed by atoms with Gasteiger partial charge < -0.3 is 5.32 Å². The first kappa shape index (κ1) is 17.1. The van der Waals surface area contributed by atoms with Crippen molar-refractivity contribution in [3.8, 4) is 0 Å². The fourth-order valence-corrected chi connectivity index (χ4v) is 2.89. The molecule has 0 saturated carbocycles. The highest BCUT2D eigenvalue weighted by atomic mass is 19.2. The summed E-state index contributed by atoms with van der Waals surface area (Å²) in [5, 5.41) is 3.10. The lowest BCUT2D eigenvalue weighted by atomic mass is 9.89. The maximum atomic E-state index is 14.1. The minimum Gasteiger partial charge on any atom is -0.314 e. The first-order valence-corrected chi connectivity index (χ1v) is 7.36. The Kier molecular flexibility index (Phi) is 5.39. The highest BCUT2D eigenvalue weighted by Crippen LogP contribution is 2.36. The summed E-state index contributed by atoms with van der Waals surface area (Å²) >= 11 is 0. The van der Waals surface area contributed by atoms with Gasteiger partial charge in [-0.2, -0.15) is 0 Å². The van der Waals surface area contributed by atoms with Crippen LogP contribution in [-0.4, -0.2) is 31.1 Å². The Bertz CT molecular complexity index is 514. The van der Waals surface area contributed by atoms with E-state index in [0.29, 0.717) is 32.6 Å². The highest BCUT2D eigenvalue weighted by Gasteiger charge is 2.36. The molecule has 2 atom stereocenters. The number of hydrogen-bond acceptors (Lipinski definition) is 2. The minimum absolute atomic E-state index is 0.244. The van der Waals surface area contributed by atoms with Crippen LogP contribution in [0.15, 0.2) is 0 Å². The van der Waals surface area contributed by atoms with Crippen molar-refractivity contribution < 1.29 is 22.0 Å². The second kappa shape index (κ2) is 6.91. The van der Waals surface area contributed by atoms with Gasteiger partial charge in [0.25, 0.3) is 0 Å². The summed E-state index contributed by atoms with van der Waals surface area (Å²) in [6, 6.07) is -0.836. The second-order valence-corrected chi connectivity index (χ2v) is 5.60. The smallest absolute Gasteiger partial charge is 0.200 e. The molecule has 0 spiro atoms. The largest absolute Gasteiger partial charge is 0.314 e. The van der Waals surface area contributed by atoms with E-state index in [9.17, 15) is 22.0 Å². The van der Waals surface area contributed by atoms with E-state index in [-0.39, 0.29) is 5.92 Å². The average Bonchev–Trinajstić information content (AvgIpc) is 2.55. The standard InChI is InChI=1S/C15H19F5N2/c1-3-8(2)15(22-6-4-21-5-7-22)9-10(16)12(18)14(20)13(19)11(9)17/h8,15,21H,3-7H2,1-2H3/t8?,15-/m0/s1. The van der Waals surface area contributed by atoms with Crippen molar-refractivity contribution in [1.29, 1.82) is 0 Å². The van der Waals surface area contributed by atoms with Crippen LogP contribution < -0.4 is 5.32 Å². The third-order valence-corrected chi connectivity index (χ3v) is 4.27. The number of nitrogens with one attached hydrogen (secondary N) is 1. The van der Waals surface area contributed by atoms with Gasteiger partial charge in [-0.15, -0.1) is 0 Å². The number of hydrogen-bond donors (Lipinski definition) is 1. The molecule has 1 saturated heterocycles. The molecule has 1 aliphatic rings. The van der Waals surface area contributed by atoms with E-state index in [4.69, 9.17) is 0 Å². The van der Waals surface area contributed by atoms with Gasteiger partial charge in [-0.1, -0.05) is 20.3 Å². The highest BCUT2D eigenvalue weighted by molar-refractivity contribution is 5.28. The second-order valence-electron chi connectivity index (χ2n) is 5.60. The number of halogens is 5. The molecular formula is C15H19F5N2. The molecule has 0 amide bonds. The predicted octanol–water partition coefficient (Wildman–Crippen LogP) is 3.37. The van der Waals surface area contributed by atoms with Crippen LogP contribution in [0.4, 0.5) is 22.0 Å². The van der Waals surface area contributed by atoms with E-state index < -0.39 is 40.7 Å². The molecule has 1 aromatic carbocycles. The molecule has 1 aromatic rings. The Morgan fingerprint density at radius 1 is 0.909 bits per heavy atom. The Labute approximate surface area is 126 Å². The van der Waals surface area contributed by atoms with E-state index in [0.717, 1.165) is 0 Å². The van der Waals surface area contributed by atoms with Gasteiger partial charge in [0.05, 0.1) is 0 Å². The topological polar surface area (TPSA) is 15.3 Å². The first-order chi connectivity index (χ1) is 10.4. The lowest BCUT2D eigenvalue weighted by Crippen LogP contribution is -2.47. The Morgan fingerprint density at radius 3 is 1.82 bits per heavy atom. The van der Waals surface area contributed by atoms with E-state index in [1.807, 2.05) is 6.92 Å². The molecule has 0 aliphatic carbocycles. The summed E-state index contributed by atoms with van der Waals surface area (Å²) in [6.45, 7) is 5.80. The quantitative estimate of drug-likeness (QED) is 0.519. The van der Waals surface area contributed by atoms with Gasteiger partial charge in [0.2, 0.25) is 5.82 Å². The van der Waals surface area contributed by atoms with Crippen molar-refractivity contribution >= 4 is 0 Å². The lowest BCUT2D eigenvalue weighted by molar-refractivity contribution is 0.120. The maximum Gasteiger partial charge on any atom is 0.200 e. The van der Waals surface area contributed by atoms with Crippen molar-refractivity contribution in [2.45, 2.75) is 26.3 Å². The van der Waals surface area contributed by atoms with Crippen molar-refractivity contribution in [2.75, 3.05) is 26.2 Å². The van der Waals surface area contributed by atoms with Crippen LogP contribution in [0.2, 0.25) is 0 Å². The van der Waals surface area contributed by atoms with E-state index in [1.165, 1.54) is 0 Å². The van der Waals surface area contributed by atoms with E-state index >= 15 is 0 Å². The summed E-state index contributed by atoms with van der Waals surface area (Å²) in [7, 11) is 0. The molecule has 1 heterocycles. The average molecular weight is 322 g/mol. The fraction of sp³-hybridized carbons (Fsp3) is 0.600. The number of nitrogens with zero attached hydrogens (tertiary/aromatic N) is 1. The molecule has 2 rings (SSSR count). The molecule has 7 heteroatoms. The molecule has 1 N–H and O–H groups in total. The number of rotatable bonds is 4. The monoisotopic (exact) mass is 322 g/mol. The molecule has 22 heavy (non-hydrogen) atoms. The van der Waals surface area contributed by atoms with E-state index in [2.05, 4.69) is 5.32 Å². The first-order valence-electron chi connectivity index (χ1n) is 7.36. The van der Waals surface area contributed by atoms with Crippen LogP contribution in [0, 0.1) is 35.0 Å². The van der Waals surface area contributed by atoms with Crippen LogP contribution in [0.25, 0.3) is 0 Å². The van der Waals surface area contributed by atoms with Crippen LogP contribution in [0.5, 0.6) is 0 Å². The number of benzene rings is 1. The van der Waals surface area contributed by atoms with Crippen molar-refractivity contribution in [3.05, 3.63) is 34.6 Å². The minimum atomic E-state index is -2.11. The molecule has 0 radical (unpaired) electrons. The van der Waals surface area contributed by atoms with Gasteiger partial charge in [0, 0.05) is 37.8 Å². The summed E-state index contributed by atoms with van der Waals surface area (Å²) in [5.41, 5.74) is -0.715.